The number of benzene rings is 1. The molecule has 1 aliphatic heterocycles. The molecular formula is C20H32N4O3. The monoisotopic (exact) mass is 376 g/mol. The van der Waals surface area contributed by atoms with Gasteiger partial charge in [0.05, 0.1) is 12.7 Å². The summed E-state index contributed by atoms with van der Waals surface area (Å²) in [6.07, 6.45) is 0.860. The van der Waals surface area contributed by atoms with Gasteiger partial charge in [0, 0.05) is 39.8 Å². The maximum absolute atomic E-state index is 11.8. The molecule has 150 valence electrons. The number of piperazine rings is 1. The predicted molar refractivity (Wildman–Crippen MR) is 107 cm³/mol. The minimum absolute atomic E-state index is 0.185. The molecule has 1 heterocycles. The molecule has 7 heteroatoms. The summed E-state index contributed by atoms with van der Waals surface area (Å²) in [5.74, 6) is 1.77. The zero-order valence-corrected chi connectivity index (χ0v) is 16.9. The fourth-order valence-corrected chi connectivity index (χ4v) is 2.97. The van der Waals surface area contributed by atoms with E-state index in [1.165, 1.54) is 5.56 Å². The molecular weight excluding hydrogens is 344 g/mol. The molecule has 0 aliphatic carbocycles. The number of carbonyl (C=O) groups excluding carboxylic acids is 1. The number of aliphatic imine (C=N–C) groups is 1. The first kappa shape index (κ1) is 20.9. The van der Waals surface area contributed by atoms with Crippen molar-refractivity contribution in [1.29, 1.82) is 0 Å². The van der Waals surface area contributed by atoms with Crippen LogP contribution in [-0.2, 0) is 11.2 Å². The summed E-state index contributed by atoms with van der Waals surface area (Å²) < 4.78 is 10.7. The van der Waals surface area contributed by atoms with Crippen LogP contribution < -0.4 is 10.1 Å². The summed E-state index contributed by atoms with van der Waals surface area (Å²) in [6, 6.07) is 8.22. The zero-order chi connectivity index (χ0) is 19.6. The highest BCUT2D eigenvalue weighted by Gasteiger charge is 2.23. The number of carbonyl (C=O) groups is 1. The van der Waals surface area contributed by atoms with Crippen molar-refractivity contribution in [1.82, 2.24) is 15.1 Å². The van der Waals surface area contributed by atoms with Gasteiger partial charge in [-0.25, -0.2) is 4.79 Å². The molecule has 0 spiro atoms. The van der Waals surface area contributed by atoms with E-state index in [0.29, 0.717) is 19.7 Å². The van der Waals surface area contributed by atoms with Gasteiger partial charge in [0.25, 0.3) is 0 Å². The van der Waals surface area contributed by atoms with Crippen LogP contribution in [0.25, 0.3) is 0 Å². The van der Waals surface area contributed by atoms with E-state index in [4.69, 9.17) is 9.47 Å². The van der Waals surface area contributed by atoms with Gasteiger partial charge in [0.15, 0.2) is 5.96 Å². The first-order valence-electron chi connectivity index (χ1n) is 9.66. The Labute approximate surface area is 162 Å². The van der Waals surface area contributed by atoms with Crippen molar-refractivity contribution in [3.63, 3.8) is 0 Å². The van der Waals surface area contributed by atoms with Crippen molar-refractivity contribution >= 4 is 12.1 Å². The Kier molecular flexibility index (Phi) is 8.23. The average molecular weight is 377 g/mol. The quantitative estimate of drug-likeness (QED) is 0.610. The van der Waals surface area contributed by atoms with Crippen molar-refractivity contribution in [2.75, 3.05) is 46.4 Å². The number of rotatable bonds is 6. The first-order valence-corrected chi connectivity index (χ1v) is 9.66. The van der Waals surface area contributed by atoms with Crippen LogP contribution in [0.3, 0.4) is 0 Å². The van der Waals surface area contributed by atoms with Crippen LogP contribution in [0.5, 0.6) is 5.75 Å². The SMILES string of the molecule is CCOC(=O)N1CCN(C(=NC)NCCc2ccc(OC(C)C)cc2)CC1. The minimum Gasteiger partial charge on any atom is -0.491 e. The van der Waals surface area contributed by atoms with Gasteiger partial charge in [0.1, 0.15) is 5.75 Å². The highest BCUT2D eigenvalue weighted by Crippen LogP contribution is 2.14. The molecule has 1 aromatic rings. The third-order valence-corrected chi connectivity index (χ3v) is 4.31. The molecule has 0 unspecified atom stereocenters. The van der Waals surface area contributed by atoms with E-state index in [2.05, 4.69) is 27.3 Å². The molecule has 1 fully saturated rings. The summed E-state index contributed by atoms with van der Waals surface area (Å²) >= 11 is 0. The summed E-state index contributed by atoms with van der Waals surface area (Å²) in [5.41, 5.74) is 1.25. The van der Waals surface area contributed by atoms with Gasteiger partial charge < -0.3 is 24.6 Å². The van der Waals surface area contributed by atoms with E-state index in [1.54, 1.807) is 11.9 Å². The molecule has 27 heavy (non-hydrogen) atoms. The molecule has 1 amide bonds. The fraction of sp³-hybridized carbons (Fsp3) is 0.600. The Morgan fingerprint density at radius 1 is 1.15 bits per heavy atom. The Morgan fingerprint density at radius 3 is 2.33 bits per heavy atom. The Bertz CT molecular complexity index is 608. The third-order valence-electron chi connectivity index (χ3n) is 4.31. The lowest BCUT2D eigenvalue weighted by Gasteiger charge is -2.35. The highest BCUT2D eigenvalue weighted by atomic mass is 16.6. The van der Waals surface area contributed by atoms with Gasteiger partial charge in [-0.3, -0.25) is 4.99 Å². The van der Waals surface area contributed by atoms with Crippen LogP contribution >= 0.6 is 0 Å². The smallest absolute Gasteiger partial charge is 0.409 e. The van der Waals surface area contributed by atoms with Crippen LogP contribution in [0, 0.1) is 0 Å². The zero-order valence-electron chi connectivity index (χ0n) is 16.9. The molecule has 0 aromatic heterocycles. The lowest BCUT2D eigenvalue weighted by Crippen LogP contribution is -2.54. The van der Waals surface area contributed by atoms with E-state index in [1.807, 2.05) is 32.9 Å². The summed E-state index contributed by atoms with van der Waals surface area (Å²) in [6.45, 7) is 9.88. The molecule has 0 bridgehead atoms. The molecule has 0 saturated carbocycles. The van der Waals surface area contributed by atoms with E-state index >= 15 is 0 Å². The Morgan fingerprint density at radius 2 is 1.78 bits per heavy atom. The van der Waals surface area contributed by atoms with Gasteiger partial charge in [-0.1, -0.05) is 12.1 Å². The van der Waals surface area contributed by atoms with E-state index in [-0.39, 0.29) is 12.2 Å². The first-order chi connectivity index (χ1) is 13.0. The summed E-state index contributed by atoms with van der Waals surface area (Å²) in [7, 11) is 1.79. The van der Waals surface area contributed by atoms with Crippen molar-refractivity contribution in [2.45, 2.75) is 33.3 Å². The molecule has 0 atom stereocenters. The molecule has 1 saturated heterocycles. The molecule has 1 aromatic carbocycles. The normalized spacial score (nSPS) is 15.1. The van der Waals surface area contributed by atoms with Gasteiger partial charge in [-0.15, -0.1) is 0 Å². The van der Waals surface area contributed by atoms with Crippen molar-refractivity contribution in [3.05, 3.63) is 29.8 Å². The molecule has 1 N–H and O–H groups in total. The maximum Gasteiger partial charge on any atom is 0.409 e. The van der Waals surface area contributed by atoms with Gasteiger partial charge in [-0.2, -0.15) is 0 Å². The van der Waals surface area contributed by atoms with Crippen molar-refractivity contribution < 1.29 is 14.3 Å². The van der Waals surface area contributed by atoms with Gasteiger partial charge >= 0.3 is 6.09 Å². The second-order valence-electron chi connectivity index (χ2n) is 6.71. The largest absolute Gasteiger partial charge is 0.491 e. The number of guanidine groups is 1. The number of hydrogen-bond acceptors (Lipinski definition) is 4. The maximum atomic E-state index is 11.8. The van der Waals surface area contributed by atoms with Gasteiger partial charge in [-0.05, 0) is 44.9 Å². The van der Waals surface area contributed by atoms with Crippen molar-refractivity contribution in [2.24, 2.45) is 4.99 Å². The number of ether oxygens (including phenoxy) is 2. The fourth-order valence-electron chi connectivity index (χ4n) is 2.97. The molecule has 0 radical (unpaired) electrons. The third kappa shape index (κ3) is 6.66. The summed E-state index contributed by atoms with van der Waals surface area (Å²) in [5, 5.41) is 3.41. The second kappa shape index (κ2) is 10.6. The Balaban J connectivity index is 1.75. The lowest BCUT2D eigenvalue weighted by molar-refractivity contribution is 0.0915. The number of amides is 1. The number of hydrogen-bond donors (Lipinski definition) is 1. The standard InChI is InChI=1S/C20H32N4O3/c1-5-26-20(25)24-14-12-23(13-15-24)19(21-4)22-11-10-17-6-8-18(9-7-17)27-16(2)3/h6-9,16H,5,10-15H2,1-4H3,(H,21,22). The number of nitrogens with zero attached hydrogens (tertiary/aromatic N) is 3. The second-order valence-corrected chi connectivity index (χ2v) is 6.71. The number of nitrogens with one attached hydrogen (secondary N) is 1. The highest BCUT2D eigenvalue weighted by molar-refractivity contribution is 5.80. The molecule has 7 nitrogen and oxygen atoms in total. The Hall–Kier alpha value is -2.44. The van der Waals surface area contributed by atoms with Crippen LogP contribution in [0.2, 0.25) is 0 Å². The van der Waals surface area contributed by atoms with Crippen LogP contribution in [0.15, 0.2) is 29.3 Å². The van der Waals surface area contributed by atoms with Crippen LogP contribution in [0.1, 0.15) is 26.3 Å². The molecule has 1 aliphatic rings. The average Bonchev–Trinajstić information content (AvgIpc) is 2.66. The molecule has 2 rings (SSSR count). The van der Waals surface area contributed by atoms with Crippen molar-refractivity contribution in [3.8, 4) is 5.75 Å². The van der Waals surface area contributed by atoms with E-state index < -0.39 is 0 Å². The van der Waals surface area contributed by atoms with Crippen LogP contribution in [0.4, 0.5) is 4.79 Å². The topological polar surface area (TPSA) is 66.4 Å². The van der Waals surface area contributed by atoms with Crippen LogP contribution in [-0.4, -0.2) is 74.3 Å². The lowest BCUT2D eigenvalue weighted by atomic mass is 10.1. The van der Waals surface area contributed by atoms with E-state index in [0.717, 1.165) is 37.8 Å². The van der Waals surface area contributed by atoms with Gasteiger partial charge in [0.2, 0.25) is 0 Å². The minimum atomic E-state index is -0.231. The van der Waals surface area contributed by atoms with E-state index in [9.17, 15) is 4.79 Å². The summed E-state index contributed by atoms with van der Waals surface area (Å²) in [4.78, 5) is 20.1. The predicted octanol–water partition coefficient (Wildman–Crippen LogP) is 2.37.